The molecule has 0 unspecified atom stereocenters. The van der Waals surface area contributed by atoms with Crippen LogP contribution in [-0.2, 0) is 0 Å². The van der Waals surface area contributed by atoms with Gasteiger partial charge in [-0.2, -0.15) is 12.6 Å². The lowest BCUT2D eigenvalue weighted by molar-refractivity contribution is 0.103. The average Bonchev–Trinajstić information content (AvgIpc) is 2.79. The number of thiol groups is 1. The zero-order valence-corrected chi connectivity index (χ0v) is 20.8. The lowest BCUT2D eigenvalue weighted by Gasteiger charge is -2.06. The van der Waals surface area contributed by atoms with Crippen molar-refractivity contribution in [3.8, 4) is 0 Å². The van der Waals surface area contributed by atoms with Gasteiger partial charge in [0.15, 0.2) is 5.78 Å². The maximum Gasteiger partial charge on any atom is 0.193 e. The topological polar surface area (TPSA) is 17.1 Å². The molecule has 0 aromatic heterocycles. The summed E-state index contributed by atoms with van der Waals surface area (Å²) in [6, 6.07) is 16.2. The van der Waals surface area contributed by atoms with Crippen molar-refractivity contribution < 1.29 is 4.79 Å². The van der Waals surface area contributed by atoms with Crippen LogP contribution in [0, 0.1) is 0 Å². The predicted molar refractivity (Wildman–Crippen MR) is 139 cm³/mol. The molecule has 2 aromatic carbocycles. The number of ketones is 1. The van der Waals surface area contributed by atoms with Crippen LogP contribution in [0.4, 0.5) is 0 Å². The van der Waals surface area contributed by atoms with E-state index < -0.39 is 0 Å². The molecule has 0 spiro atoms. The van der Waals surface area contributed by atoms with E-state index in [1.54, 1.807) is 0 Å². The SMILES string of the molecule is CCCCCCCSc1ccc(C(=O)c2ccc(SCCCCCCS)cc2)cc1. The van der Waals surface area contributed by atoms with E-state index in [2.05, 4.69) is 43.8 Å². The van der Waals surface area contributed by atoms with Gasteiger partial charge in [-0.3, -0.25) is 4.79 Å². The third kappa shape index (κ3) is 9.98. The van der Waals surface area contributed by atoms with Crippen LogP contribution in [0.15, 0.2) is 58.3 Å². The van der Waals surface area contributed by atoms with E-state index in [0.29, 0.717) is 0 Å². The van der Waals surface area contributed by atoms with Crippen LogP contribution in [0.25, 0.3) is 0 Å². The molecule has 30 heavy (non-hydrogen) atoms. The number of hydrogen-bond donors (Lipinski definition) is 1. The minimum absolute atomic E-state index is 0.106. The molecule has 0 saturated heterocycles. The standard InChI is InChI=1S/C26H36OS3/c1-2-3-4-6-9-20-29-24-15-11-22(12-16-24)26(27)23-13-17-25(18-14-23)30-21-10-7-5-8-19-28/h11-18,28H,2-10,19-21H2,1H3. The normalized spacial score (nSPS) is 11.0. The van der Waals surface area contributed by atoms with E-state index >= 15 is 0 Å². The zero-order valence-electron chi connectivity index (χ0n) is 18.3. The van der Waals surface area contributed by atoms with Crippen LogP contribution in [0.3, 0.4) is 0 Å². The van der Waals surface area contributed by atoms with Gasteiger partial charge in [-0.1, -0.05) is 45.4 Å². The third-order valence-electron chi connectivity index (χ3n) is 5.07. The third-order valence-corrected chi connectivity index (χ3v) is 7.58. The molecule has 164 valence electrons. The first-order valence-electron chi connectivity index (χ1n) is 11.4. The van der Waals surface area contributed by atoms with Crippen LogP contribution in [0.2, 0.25) is 0 Å². The molecule has 0 N–H and O–H groups in total. The second-order valence-electron chi connectivity index (χ2n) is 7.63. The minimum atomic E-state index is 0.106. The Morgan fingerprint density at radius 3 is 1.53 bits per heavy atom. The number of carbonyl (C=O) groups excluding carboxylic acids is 1. The molecule has 0 aliphatic rings. The molecule has 0 heterocycles. The first-order valence-corrected chi connectivity index (χ1v) is 14.0. The molecule has 2 rings (SSSR count). The number of rotatable bonds is 16. The molecule has 0 amide bonds. The highest BCUT2D eigenvalue weighted by atomic mass is 32.2. The molecule has 0 fully saturated rings. The number of carbonyl (C=O) groups is 1. The van der Waals surface area contributed by atoms with Crippen molar-refractivity contribution >= 4 is 41.9 Å². The monoisotopic (exact) mass is 460 g/mol. The Labute approximate surface area is 197 Å². The van der Waals surface area contributed by atoms with Gasteiger partial charge < -0.3 is 0 Å². The van der Waals surface area contributed by atoms with E-state index in [9.17, 15) is 4.79 Å². The quantitative estimate of drug-likeness (QED) is 0.117. The fourth-order valence-electron chi connectivity index (χ4n) is 3.22. The Kier molecular flexibility index (Phi) is 13.5. The molecule has 0 aliphatic carbocycles. The number of hydrogen-bond acceptors (Lipinski definition) is 4. The molecule has 0 saturated carbocycles. The molecular weight excluding hydrogens is 424 g/mol. The molecule has 1 nitrogen and oxygen atoms in total. The Bertz CT molecular complexity index is 649. The van der Waals surface area contributed by atoms with E-state index in [-0.39, 0.29) is 5.78 Å². The van der Waals surface area contributed by atoms with Crippen molar-refractivity contribution in [1.29, 1.82) is 0 Å². The fraction of sp³-hybridized carbons (Fsp3) is 0.500. The summed E-state index contributed by atoms with van der Waals surface area (Å²) in [6.45, 7) is 2.25. The molecule has 0 bridgehead atoms. The fourth-order valence-corrected chi connectivity index (χ4v) is 5.27. The zero-order chi connectivity index (χ0) is 21.4. The van der Waals surface area contributed by atoms with E-state index in [0.717, 1.165) is 28.4 Å². The van der Waals surface area contributed by atoms with Crippen LogP contribution in [0.1, 0.15) is 80.6 Å². The van der Waals surface area contributed by atoms with Crippen molar-refractivity contribution in [2.45, 2.75) is 74.5 Å². The van der Waals surface area contributed by atoms with Crippen LogP contribution >= 0.6 is 36.2 Å². The van der Waals surface area contributed by atoms with Gasteiger partial charge in [0.2, 0.25) is 0 Å². The van der Waals surface area contributed by atoms with E-state index in [1.165, 1.54) is 67.6 Å². The van der Waals surface area contributed by atoms with Gasteiger partial charge in [0, 0.05) is 20.9 Å². The van der Waals surface area contributed by atoms with Gasteiger partial charge in [0.1, 0.15) is 0 Å². The van der Waals surface area contributed by atoms with Crippen molar-refractivity contribution in [2.75, 3.05) is 17.3 Å². The molecule has 4 heteroatoms. The molecule has 0 radical (unpaired) electrons. The van der Waals surface area contributed by atoms with Gasteiger partial charge in [-0.05, 0) is 85.1 Å². The molecular formula is C26H36OS3. The summed E-state index contributed by atoms with van der Waals surface area (Å²) >= 11 is 8.02. The van der Waals surface area contributed by atoms with Gasteiger partial charge in [0.25, 0.3) is 0 Å². The Hall–Kier alpha value is -0.840. The second-order valence-corrected chi connectivity index (χ2v) is 10.4. The highest BCUT2D eigenvalue weighted by molar-refractivity contribution is 7.99. The Morgan fingerprint density at radius 2 is 1.10 bits per heavy atom. The average molecular weight is 461 g/mol. The highest BCUT2D eigenvalue weighted by Crippen LogP contribution is 2.23. The van der Waals surface area contributed by atoms with Crippen LogP contribution in [0.5, 0.6) is 0 Å². The smallest absolute Gasteiger partial charge is 0.193 e. The second kappa shape index (κ2) is 15.9. The minimum Gasteiger partial charge on any atom is -0.289 e. The van der Waals surface area contributed by atoms with Crippen molar-refractivity contribution in [2.24, 2.45) is 0 Å². The summed E-state index contributed by atoms with van der Waals surface area (Å²) in [7, 11) is 0. The summed E-state index contributed by atoms with van der Waals surface area (Å²) in [5.74, 6) is 3.39. The predicted octanol–water partition coefficient (Wildman–Crippen LogP) is 8.56. The summed E-state index contributed by atoms with van der Waals surface area (Å²) in [6.07, 6.45) is 11.6. The van der Waals surface area contributed by atoms with Gasteiger partial charge in [-0.25, -0.2) is 0 Å². The summed E-state index contributed by atoms with van der Waals surface area (Å²) in [4.78, 5) is 15.3. The lowest BCUT2D eigenvalue weighted by atomic mass is 10.0. The Balaban J connectivity index is 1.75. The maximum absolute atomic E-state index is 12.8. The number of benzene rings is 2. The largest absolute Gasteiger partial charge is 0.289 e. The van der Waals surface area contributed by atoms with E-state index in [1.807, 2.05) is 47.8 Å². The maximum atomic E-state index is 12.8. The summed E-state index contributed by atoms with van der Waals surface area (Å²) in [5, 5.41) is 0. The summed E-state index contributed by atoms with van der Waals surface area (Å²) < 4.78 is 0. The molecule has 0 aliphatic heterocycles. The van der Waals surface area contributed by atoms with Crippen molar-refractivity contribution in [3.05, 3.63) is 59.7 Å². The highest BCUT2D eigenvalue weighted by Gasteiger charge is 2.09. The summed E-state index contributed by atoms with van der Waals surface area (Å²) in [5.41, 5.74) is 1.54. The van der Waals surface area contributed by atoms with E-state index in [4.69, 9.17) is 0 Å². The van der Waals surface area contributed by atoms with Crippen LogP contribution in [-0.4, -0.2) is 23.0 Å². The molecule has 0 atom stereocenters. The van der Waals surface area contributed by atoms with Gasteiger partial charge >= 0.3 is 0 Å². The van der Waals surface area contributed by atoms with Crippen LogP contribution < -0.4 is 0 Å². The van der Waals surface area contributed by atoms with Gasteiger partial charge in [-0.15, -0.1) is 23.5 Å². The van der Waals surface area contributed by atoms with Crippen molar-refractivity contribution in [1.82, 2.24) is 0 Å². The Morgan fingerprint density at radius 1 is 0.667 bits per heavy atom. The number of unbranched alkanes of at least 4 members (excludes halogenated alkanes) is 7. The first kappa shape index (κ1) is 25.4. The lowest BCUT2D eigenvalue weighted by Crippen LogP contribution is -2.00. The van der Waals surface area contributed by atoms with Gasteiger partial charge in [0.05, 0.1) is 0 Å². The van der Waals surface area contributed by atoms with Crippen molar-refractivity contribution in [3.63, 3.8) is 0 Å². The molecule has 2 aromatic rings. The number of thioether (sulfide) groups is 2. The first-order chi connectivity index (χ1) is 14.7.